The summed E-state index contributed by atoms with van der Waals surface area (Å²) in [4.78, 5) is -0.0452. The predicted molar refractivity (Wildman–Crippen MR) is 73.6 cm³/mol. The molecule has 0 unspecified atom stereocenters. The van der Waals surface area contributed by atoms with E-state index >= 15 is 0 Å². The maximum Gasteiger partial charge on any atom is 0.240 e. The monoisotopic (exact) mass is 315 g/mol. The highest BCUT2D eigenvalue weighted by Gasteiger charge is 2.41. The van der Waals surface area contributed by atoms with Crippen molar-refractivity contribution in [3.63, 3.8) is 0 Å². The van der Waals surface area contributed by atoms with E-state index in [1.165, 1.54) is 18.2 Å². The topological polar surface area (TPSA) is 64.6 Å². The molecular formula is C14H18FNO4S. The summed E-state index contributed by atoms with van der Waals surface area (Å²) in [5.41, 5.74) is 0. The van der Waals surface area contributed by atoms with Crippen molar-refractivity contribution < 1.29 is 22.3 Å². The highest BCUT2D eigenvalue weighted by atomic mass is 32.2. The van der Waals surface area contributed by atoms with Crippen LogP contribution in [-0.2, 0) is 19.5 Å². The van der Waals surface area contributed by atoms with Crippen LogP contribution in [0.3, 0.4) is 0 Å². The molecule has 1 heterocycles. The average molecular weight is 315 g/mol. The van der Waals surface area contributed by atoms with Gasteiger partial charge < -0.3 is 9.47 Å². The first kappa shape index (κ1) is 14.9. The van der Waals surface area contributed by atoms with Gasteiger partial charge in [-0.15, -0.1) is 0 Å². The van der Waals surface area contributed by atoms with E-state index < -0.39 is 21.6 Å². The molecule has 5 nitrogen and oxygen atoms in total. The zero-order chi connectivity index (χ0) is 14.9. The van der Waals surface area contributed by atoms with Crippen molar-refractivity contribution in [2.24, 2.45) is 0 Å². The van der Waals surface area contributed by atoms with E-state index in [0.717, 1.165) is 6.07 Å². The first-order chi connectivity index (χ1) is 9.99. The summed E-state index contributed by atoms with van der Waals surface area (Å²) in [7, 11) is -3.69. The molecule has 2 aliphatic rings. The van der Waals surface area contributed by atoms with E-state index in [-0.39, 0.29) is 10.9 Å². The third-order valence-corrected chi connectivity index (χ3v) is 5.51. The summed E-state index contributed by atoms with van der Waals surface area (Å²) in [5.74, 6) is -1.07. The number of hydrogen-bond acceptors (Lipinski definition) is 4. The molecule has 0 atom stereocenters. The quantitative estimate of drug-likeness (QED) is 0.923. The molecule has 2 fully saturated rings. The highest BCUT2D eigenvalue weighted by molar-refractivity contribution is 7.89. The molecule has 0 amide bonds. The molecule has 1 aliphatic heterocycles. The summed E-state index contributed by atoms with van der Waals surface area (Å²) in [6, 6.07) is 4.85. The standard InChI is InChI=1S/C14H18FNO4S/c15-11-2-1-3-13(10-11)21(17,18)16-12-4-6-14(7-5-12)19-8-9-20-14/h1-3,10,12,16H,4-9H2. The zero-order valence-corrected chi connectivity index (χ0v) is 12.4. The normalized spacial score (nSPS) is 22.7. The first-order valence-electron chi connectivity index (χ1n) is 7.05. The van der Waals surface area contributed by atoms with E-state index in [2.05, 4.69) is 4.72 Å². The van der Waals surface area contributed by atoms with E-state index in [0.29, 0.717) is 38.9 Å². The lowest BCUT2D eigenvalue weighted by atomic mass is 9.91. The Bertz CT molecular complexity index is 603. The Balaban J connectivity index is 1.64. The predicted octanol–water partition coefficient (Wildman–Crippen LogP) is 1.79. The van der Waals surface area contributed by atoms with Crippen LogP contribution < -0.4 is 4.72 Å². The molecule has 1 N–H and O–H groups in total. The van der Waals surface area contributed by atoms with Crippen LogP contribution in [-0.4, -0.2) is 33.5 Å². The van der Waals surface area contributed by atoms with Crippen LogP contribution in [0, 0.1) is 5.82 Å². The molecule has 7 heteroatoms. The number of hydrogen-bond donors (Lipinski definition) is 1. The molecule has 0 bridgehead atoms. The number of ether oxygens (including phenoxy) is 2. The van der Waals surface area contributed by atoms with Crippen LogP contribution in [0.15, 0.2) is 29.2 Å². The van der Waals surface area contributed by atoms with Gasteiger partial charge in [0, 0.05) is 18.9 Å². The maximum atomic E-state index is 13.2. The molecule has 116 valence electrons. The molecule has 1 aliphatic carbocycles. The largest absolute Gasteiger partial charge is 0.348 e. The van der Waals surface area contributed by atoms with Crippen molar-refractivity contribution in [1.82, 2.24) is 4.72 Å². The Morgan fingerprint density at radius 2 is 1.86 bits per heavy atom. The lowest BCUT2D eigenvalue weighted by molar-refractivity contribution is -0.178. The Kier molecular flexibility index (Phi) is 4.00. The lowest BCUT2D eigenvalue weighted by Gasteiger charge is -2.35. The van der Waals surface area contributed by atoms with Gasteiger partial charge in [-0.05, 0) is 31.0 Å². The fourth-order valence-corrected chi connectivity index (χ4v) is 4.22. The molecule has 21 heavy (non-hydrogen) atoms. The van der Waals surface area contributed by atoms with Crippen molar-refractivity contribution in [1.29, 1.82) is 0 Å². The van der Waals surface area contributed by atoms with Crippen LogP contribution in [0.25, 0.3) is 0 Å². The van der Waals surface area contributed by atoms with Gasteiger partial charge in [-0.2, -0.15) is 0 Å². The minimum absolute atomic E-state index is 0.0452. The molecule has 1 saturated carbocycles. The van der Waals surface area contributed by atoms with Gasteiger partial charge in [0.15, 0.2) is 5.79 Å². The maximum absolute atomic E-state index is 13.2. The van der Waals surface area contributed by atoms with Gasteiger partial charge in [0.05, 0.1) is 18.1 Å². The second kappa shape index (κ2) is 5.64. The summed E-state index contributed by atoms with van der Waals surface area (Å²) in [6.07, 6.45) is 2.63. The molecule has 1 aromatic rings. The average Bonchev–Trinajstić information content (AvgIpc) is 2.90. The zero-order valence-electron chi connectivity index (χ0n) is 11.5. The minimum Gasteiger partial charge on any atom is -0.348 e. The second-order valence-electron chi connectivity index (χ2n) is 5.46. The van der Waals surface area contributed by atoms with Crippen LogP contribution in [0.5, 0.6) is 0 Å². The molecule has 1 spiro atoms. The Hall–Kier alpha value is -1.02. The van der Waals surface area contributed by atoms with Crippen LogP contribution in [0.2, 0.25) is 0 Å². The van der Waals surface area contributed by atoms with Crippen molar-refractivity contribution >= 4 is 10.0 Å². The number of halogens is 1. The van der Waals surface area contributed by atoms with Gasteiger partial charge in [-0.3, -0.25) is 0 Å². The summed E-state index contributed by atoms with van der Waals surface area (Å²) < 4.78 is 51.5. The number of rotatable bonds is 3. The minimum atomic E-state index is -3.69. The van der Waals surface area contributed by atoms with E-state index in [9.17, 15) is 12.8 Å². The van der Waals surface area contributed by atoms with Gasteiger partial charge >= 0.3 is 0 Å². The van der Waals surface area contributed by atoms with E-state index in [4.69, 9.17) is 9.47 Å². The third kappa shape index (κ3) is 3.26. The van der Waals surface area contributed by atoms with Gasteiger partial charge in [0.2, 0.25) is 10.0 Å². The number of sulfonamides is 1. The van der Waals surface area contributed by atoms with Gasteiger partial charge in [-0.25, -0.2) is 17.5 Å². The third-order valence-electron chi connectivity index (χ3n) is 3.99. The smallest absolute Gasteiger partial charge is 0.240 e. The Morgan fingerprint density at radius 1 is 1.19 bits per heavy atom. The van der Waals surface area contributed by atoms with Crippen LogP contribution in [0.4, 0.5) is 4.39 Å². The van der Waals surface area contributed by atoms with Crippen molar-refractivity contribution in [3.8, 4) is 0 Å². The van der Waals surface area contributed by atoms with Gasteiger partial charge in [0.25, 0.3) is 0 Å². The van der Waals surface area contributed by atoms with Crippen LogP contribution in [0.1, 0.15) is 25.7 Å². The first-order valence-corrected chi connectivity index (χ1v) is 8.53. The van der Waals surface area contributed by atoms with E-state index in [1.807, 2.05) is 0 Å². The summed E-state index contributed by atoms with van der Waals surface area (Å²) in [5, 5.41) is 0. The lowest BCUT2D eigenvalue weighted by Crippen LogP contribution is -2.43. The fraction of sp³-hybridized carbons (Fsp3) is 0.571. The van der Waals surface area contributed by atoms with Crippen molar-refractivity contribution in [3.05, 3.63) is 30.1 Å². The molecule has 0 aromatic heterocycles. The second-order valence-corrected chi connectivity index (χ2v) is 7.17. The van der Waals surface area contributed by atoms with Crippen LogP contribution >= 0.6 is 0 Å². The summed E-state index contributed by atoms with van der Waals surface area (Å²) in [6.45, 7) is 1.19. The van der Waals surface area contributed by atoms with Gasteiger partial charge in [-0.1, -0.05) is 6.07 Å². The van der Waals surface area contributed by atoms with Gasteiger partial charge in [0.1, 0.15) is 5.82 Å². The highest BCUT2D eigenvalue weighted by Crippen LogP contribution is 2.36. The molecule has 3 rings (SSSR count). The SMILES string of the molecule is O=S(=O)(NC1CCC2(CC1)OCCO2)c1cccc(F)c1. The molecule has 0 radical (unpaired) electrons. The fourth-order valence-electron chi connectivity index (χ4n) is 2.88. The van der Waals surface area contributed by atoms with E-state index in [1.54, 1.807) is 0 Å². The van der Waals surface area contributed by atoms with Crippen molar-refractivity contribution in [2.75, 3.05) is 13.2 Å². The molecule has 1 aromatic carbocycles. The number of nitrogens with one attached hydrogen (secondary N) is 1. The molecular weight excluding hydrogens is 297 g/mol. The Labute approximate surface area is 123 Å². The Morgan fingerprint density at radius 3 is 2.48 bits per heavy atom. The van der Waals surface area contributed by atoms with Crippen molar-refractivity contribution in [2.45, 2.75) is 42.4 Å². The summed E-state index contributed by atoms with van der Waals surface area (Å²) >= 11 is 0. The molecule has 1 saturated heterocycles. The number of benzene rings is 1.